The number of piperazine rings is 1. The van der Waals surface area contributed by atoms with Crippen molar-refractivity contribution >= 4 is 29.1 Å². The standard InChI is InChI=1S/C17H22ClN3O2/c1-11-12(2)20(9-7-19-11)16(22)15-6-8-21(17(15)23)14-5-3-4-13(18)10-14/h3-5,10-12,15,19H,6-9H2,1-2H3. The Morgan fingerprint density at radius 1 is 1.30 bits per heavy atom. The van der Waals surface area contributed by atoms with Gasteiger partial charge in [-0.2, -0.15) is 0 Å². The van der Waals surface area contributed by atoms with Gasteiger partial charge in [0.25, 0.3) is 0 Å². The van der Waals surface area contributed by atoms with Gasteiger partial charge in [0.15, 0.2) is 0 Å². The van der Waals surface area contributed by atoms with Crippen LogP contribution in [0, 0.1) is 5.92 Å². The van der Waals surface area contributed by atoms with Gasteiger partial charge in [-0.15, -0.1) is 0 Å². The third kappa shape index (κ3) is 3.08. The van der Waals surface area contributed by atoms with Gasteiger partial charge in [0.2, 0.25) is 11.8 Å². The van der Waals surface area contributed by atoms with Crippen molar-refractivity contribution in [1.82, 2.24) is 10.2 Å². The number of halogens is 1. The number of hydrogen-bond acceptors (Lipinski definition) is 3. The molecule has 0 saturated carbocycles. The second kappa shape index (κ2) is 6.49. The molecule has 0 aliphatic carbocycles. The summed E-state index contributed by atoms with van der Waals surface area (Å²) in [4.78, 5) is 29.1. The predicted molar refractivity (Wildman–Crippen MR) is 90.6 cm³/mol. The van der Waals surface area contributed by atoms with Crippen molar-refractivity contribution in [1.29, 1.82) is 0 Å². The van der Waals surface area contributed by atoms with Gasteiger partial charge in [0, 0.05) is 42.4 Å². The molecule has 0 spiro atoms. The van der Waals surface area contributed by atoms with E-state index in [0.29, 0.717) is 24.5 Å². The van der Waals surface area contributed by atoms with Crippen molar-refractivity contribution in [3.63, 3.8) is 0 Å². The molecule has 23 heavy (non-hydrogen) atoms. The van der Waals surface area contributed by atoms with Crippen molar-refractivity contribution in [2.45, 2.75) is 32.4 Å². The first-order chi connectivity index (χ1) is 11.0. The van der Waals surface area contributed by atoms with E-state index in [1.807, 2.05) is 24.0 Å². The molecule has 0 radical (unpaired) electrons. The maximum absolute atomic E-state index is 12.8. The second-order valence-electron chi connectivity index (χ2n) is 6.33. The molecule has 3 unspecified atom stereocenters. The van der Waals surface area contributed by atoms with Crippen LogP contribution >= 0.6 is 11.6 Å². The van der Waals surface area contributed by atoms with Crippen molar-refractivity contribution in [3.8, 4) is 0 Å². The van der Waals surface area contributed by atoms with Crippen molar-refractivity contribution in [2.24, 2.45) is 5.92 Å². The minimum absolute atomic E-state index is 0.0413. The van der Waals surface area contributed by atoms with Crippen LogP contribution in [-0.2, 0) is 9.59 Å². The zero-order valence-corrected chi connectivity index (χ0v) is 14.2. The molecule has 2 fully saturated rings. The number of anilines is 1. The lowest BCUT2D eigenvalue weighted by Gasteiger charge is -2.39. The van der Waals surface area contributed by atoms with Crippen LogP contribution in [0.4, 0.5) is 5.69 Å². The molecule has 2 saturated heterocycles. The third-order valence-electron chi connectivity index (χ3n) is 4.94. The lowest BCUT2D eigenvalue weighted by atomic mass is 10.0. The average molecular weight is 336 g/mol. The first-order valence-corrected chi connectivity index (χ1v) is 8.47. The van der Waals surface area contributed by atoms with E-state index in [-0.39, 0.29) is 23.9 Å². The molecule has 124 valence electrons. The molecule has 1 aromatic rings. The molecular weight excluding hydrogens is 314 g/mol. The molecule has 2 aliphatic heterocycles. The first kappa shape index (κ1) is 16.3. The van der Waals surface area contributed by atoms with Gasteiger partial charge in [-0.1, -0.05) is 17.7 Å². The lowest BCUT2D eigenvalue weighted by Crippen LogP contribution is -2.58. The van der Waals surface area contributed by atoms with Crippen LogP contribution in [0.2, 0.25) is 5.02 Å². The van der Waals surface area contributed by atoms with E-state index < -0.39 is 5.92 Å². The normalized spacial score (nSPS) is 28.3. The Bertz CT molecular complexity index is 622. The molecule has 5 nitrogen and oxygen atoms in total. The van der Waals surface area contributed by atoms with Gasteiger partial charge in [0.05, 0.1) is 0 Å². The number of amides is 2. The van der Waals surface area contributed by atoms with Gasteiger partial charge in [0.1, 0.15) is 5.92 Å². The Balaban J connectivity index is 1.75. The molecule has 0 bridgehead atoms. The molecule has 2 amide bonds. The largest absolute Gasteiger partial charge is 0.336 e. The number of nitrogens with one attached hydrogen (secondary N) is 1. The predicted octanol–water partition coefficient (Wildman–Crippen LogP) is 1.90. The van der Waals surface area contributed by atoms with Crippen LogP contribution < -0.4 is 10.2 Å². The first-order valence-electron chi connectivity index (χ1n) is 8.10. The molecule has 2 heterocycles. The van der Waals surface area contributed by atoms with Crippen LogP contribution in [0.15, 0.2) is 24.3 Å². The fourth-order valence-corrected chi connectivity index (χ4v) is 3.56. The Labute approximate surface area is 141 Å². The summed E-state index contributed by atoms with van der Waals surface area (Å²) in [5, 5.41) is 3.95. The Morgan fingerprint density at radius 3 is 2.83 bits per heavy atom. The highest BCUT2D eigenvalue weighted by molar-refractivity contribution is 6.31. The number of rotatable bonds is 2. The SMILES string of the molecule is CC1NCCN(C(=O)C2CCN(c3cccc(Cl)c3)C2=O)C1C. The highest BCUT2D eigenvalue weighted by Crippen LogP contribution is 2.29. The quantitative estimate of drug-likeness (QED) is 0.840. The fourth-order valence-electron chi connectivity index (χ4n) is 3.38. The van der Waals surface area contributed by atoms with E-state index in [2.05, 4.69) is 12.2 Å². The van der Waals surface area contributed by atoms with E-state index in [9.17, 15) is 9.59 Å². The Morgan fingerprint density at radius 2 is 2.09 bits per heavy atom. The van der Waals surface area contributed by atoms with Crippen molar-refractivity contribution in [2.75, 3.05) is 24.5 Å². The smallest absolute Gasteiger partial charge is 0.239 e. The van der Waals surface area contributed by atoms with E-state index in [1.54, 1.807) is 17.0 Å². The van der Waals surface area contributed by atoms with Gasteiger partial charge in [-0.05, 0) is 38.5 Å². The van der Waals surface area contributed by atoms with Gasteiger partial charge >= 0.3 is 0 Å². The molecule has 3 atom stereocenters. The van der Waals surface area contributed by atoms with Crippen LogP contribution in [-0.4, -0.2) is 48.4 Å². The third-order valence-corrected chi connectivity index (χ3v) is 5.18. The van der Waals surface area contributed by atoms with Gasteiger partial charge < -0.3 is 15.1 Å². The van der Waals surface area contributed by atoms with Crippen molar-refractivity contribution < 1.29 is 9.59 Å². The van der Waals surface area contributed by atoms with Crippen LogP contribution in [0.5, 0.6) is 0 Å². The second-order valence-corrected chi connectivity index (χ2v) is 6.76. The molecule has 6 heteroatoms. The molecule has 0 aromatic heterocycles. The molecule has 2 aliphatic rings. The van der Waals surface area contributed by atoms with E-state index in [1.165, 1.54) is 0 Å². The number of nitrogens with zero attached hydrogens (tertiary/aromatic N) is 2. The van der Waals surface area contributed by atoms with Gasteiger partial charge in [-0.3, -0.25) is 9.59 Å². The van der Waals surface area contributed by atoms with Crippen LogP contribution in [0.1, 0.15) is 20.3 Å². The summed E-state index contributed by atoms with van der Waals surface area (Å²) in [5.74, 6) is -0.724. The highest BCUT2D eigenvalue weighted by atomic mass is 35.5. The maximum atomic E-state index is 12.8. The summed E-state index contributed by atoms with van der Waals surface area (Å²) in [7, 11) is 0. The summed E-state index contributed by atoms with van der Waals surface area (Å²) < 4.78 is 0. The lowest BCUT2D eigenvalue weighted by molar-refractivity contribution is -0.142. The maximum Gasteiger partial charge on any atom is 0.239 e. The Hall–Kier alpha value is -1.59. The summed E-state index contributed by atoms with van der Waals surface area (Å²) in [6, 6.07) is 7.56. The summed E-state index contributed by atoms with van der Waals surface area (Å²) in [5.41, 5.74) is 0.763. The monoisotopic (exact) mass is 335 g/mol. The minimum Gasteiger partial charge on any atom is -0.336 e. The van der Waals surface area contributed by atoms with Crippen LogP contribution in [0.25, 0.3) is 0 Å². The zero-order chi connectivity index (χ0) is 16.6. The number of carbonyl (C=O) groups is 2. The fraction of sp³-hybridized carbons (Fsp3) is 0.529. The molecule has 1 N–H and O–H groups in total. The van der Waals surface area contributed by atoms with Gasteiger partial charge in [-0.25, -0.2) is 0 Å². The van der Waals surface area contributed by atoms with E-state index >= 15 is 0 Å². The van der Waals surface area contributed by atoms with E-state index in [4.69, 9.17) is 11.6 Å². The average Bonchev–Trinajstić information content (AvgIpc) is 2.91. The van der Waals surface area contributed by atoms with E-state index in [0.717, 1.165) is 12.2 Å². The topological polar surface area (TPSA) is 52.7 Å². The minimum atomic E-state index is -0.568. The number of benzene rings is 1. The molecule has 3 rings (SSSR count). The number of hydrogen-bond donors (Lipinski definition) is 1. The molecular formula is C17H22ClN3O2. The van der Waals surface area contributed by atoms with Crippen LogP contribution in [0.3, 0.4) is 0 Å². The zero-order valence-electron chi connectivity index (χ0n) is 13.5. The summed E-state index contributed by atoms with van der Waals surface area (Å²) >= 11 is 6.01. The van der Waals surface area contributed by atoms with Crippen molar-refractivity contribution in [3.05, 3.63) is 29.3 Å². The summed E-state index contributed by atoms with van der Waals surface area (Å²) in [6.07, 6.45) is 0.565. The number of carbonyl (C=O) groups excluding carboxylic acids is 2. The molecule has 1 aromatic carbocycles. The summed E-state index contributed by atoms with van der Waals surface area (Å²) in [6.45, 7) is 6.09. The highest BCUT2D eigenvalue weighted by Gasteiger charge is 2.41. The Kier molecular flexibility index (Phi) is 4.60.